The van der Waals surface area contributed by atoms with Gasteiger partial charge in [-0.3, -0.25) is 9.52 Å². The van der Waals surface area contributed by atoms with E-state index in [1.807, 2.05) is 24.3 Å². The second-order valence-electron chi connectivity index (χ2n) is 9.04. The number of rotatable bonds is 7. The van der Waals surface area contributed by atoms with Crippen LogP contribution in [0.3, 0.4) is 0 Å². The van der Waals surface area contributed by atoms with Crippen molar-refractivity contribution in [1.82, 2.24) is 0 Å². The Bertz CT molecular complexity index is 1550. The van der Waals surface area contributed by atoms with Crippen molar-refractivity contribution in [1.29, 1.82) is 0 Å². The number of para-hydroxylation sites is 1. The summed E-state index contributed by atoms with van der Waals surface area (Å²) >= 11 is 6.00. The zero-order valence-electron chi connectivity index (χ0n) is 20.2. The summed E-state index contributed by atoms with van der Waals surface area (Å²) in [5.41, 5.74) is 5.97. The van der Waals surface area contributed by atoms with Gasteiger partial charge < -0.3 is 10.2 Å². The molecule has 0 aromatic heterocycles. The monoisotopic (exact) mass is 531 g/mol. The average molecular weight is 532 g/mol. The predicted octanol–water partition coefficient (Wildman–Crippen LogP) is 6.26. The quantitative estimate of drug-likeness (QED) is 0.295. The van der Waals surface area contributed by atoms with Crippen LogP contribution in [0.25, 0.3) is 0 Å². The summed E-state index contributed by atoms with van der Waals surface area (Å²) in [5.74, 6) is -0.263. The van der Waals surface area contributed by atoms with Crippen molar-refractivity contribution in [3.63, 3.8) is 0 Å². The molecule has 0 aliphatic carbocycles. The van der Waals surface area contributed by atoms with Crippen LogP contribution in [0, 0.1) is 6.92 Å². The summed E-state index contributed by atoms with van der Waals surface area (Å²) in [6.45, 7) is 3.57. The molecule has 0 bridgehead atoms. The molecule has 4 aromatic carbocycles. The Balaban J connectivity index is 1.21. The van der Waals surface area contributed by atoms with Gasteiger partial charge >= 0.3 is 0 Å². The summed E-state index contributed by atoms with van der Waals surface area (Å²) in [7, 11) is -3.81. The summed E-state index contributed by atoms with van der Waals surface area (Å²) < 4.78 is 28.2. The van der Waals surface area contributed by atoms with E-state index in [0.29, 0.717) is 22.0 Å². The van der Waals surface area contributed by atoms with Crippen molar-refractivity contribution in [2.45, 2.75) is 24.8 Å². The van der Waals surface area contributed by atoms with Gasteiger partial charge in [-0.15, -0.1) is 0 Å². The van der Waals surface area contributed by atoms with E-state index in [1.165, 1.54) is 23.4 Å². The molecule has 0 fully saturated rings. The molecule has 6 nitrogen and oxygen atoms in total. The number of sulfonamides is 1. The molecule has 1 amide bonds. The van der Waals surface area contributed by atoms with E-state index in [-0.39, 0.29) is 10.8 Å². The maximum atomic E-state index is 12.8. The van der Waals surface area contributed by atoms with E-state index >= 15 is 0 Å². The molecule has 5 rings (SSSR count). The summed E-state index contributed by atoms with van der Waals surface area (Å²) in [5, 5.41) is 3.27. The van der Waals surface area contributed by atoms with E-state index in [2.05, 4.69) is 39.2 Å². The SMILES string of the molecule is Cc1ccc(Cl)cc1NS(=O)(=O)c1ccc(NC(=O)c2ccc(CN3CCc4ccccc43)cc2)cc1. The Labute approximate surface area is 222 Å². The first kappa shape index (κ1) is 24.9. The van der Waals surface area contributed by atoms with E-state index in [1.54, 1.807) is 37.3 Å². The minimum atomic E-state index is -3.81. The van der Waals surface area contributed by atoms with E-state index in [9.17, 15) is 13.2 Å². The third kappa shape index (κ3) is 5.63. The molecule has 1 aliphatic heterocycles. The zero-order chi connectivity index (χ0) is 26.0. The Morgan fingerprint density at radius 2 is 1.68 bits per heavy atom. The number of anilines is 3. The lowest BCUT2D eigenvalue weighted by atomic mass is 10.1. The minimum absolute atomic E-state index is 0.0812. The number of benzene rings is 4. The number of amides is 1. The smallest absolute Gasteiger partial charge is 0.261 e. The predicted molar refractivity (Wildman–Crippen MR) is 149 cm³/mol. The first-order chi connectivity index (χ1) is 17.8. The molecular weight excluding hydrogens is 506 g/mol. The van der Waals surface area contributed by atoms with Gasteiger partial charge in [-0.2, -0.15) is 0 Å². The lowest BCUT2D eigenvalue weighted by Gasteiger charge is -2.19. The number of nitrogens with zero attached hydrogens (tertiary/aromatic N) is 1. The fourth-order valence-electron chi connectivity index (χ4n) is 4.38. The maximum Gasteiger partial charge on any atom is 0.261 e. The fraction of sp³-hybridized carbons (Fsp3) is 0.138. The normalized spacial score (nSPS) is 12.8. The Morgan fingerprint density at radius 3 is 2.43 bits per heavy atom. The third-order valence-corrected chi connectivity index (χ3v) is 8.06. The number of hydrogen-bond acceptors (Lipinski definition) is 4. The molecule has 4 aromatic rings. The molecular formula is C29H26ClN3O3S. The molecule has 37 heavy (non-hydrogen) atoms. The summed E-state index contributed by atoms with van der Waals surface area (Å²) in [6, 6.07) is 27.0. The maximum absolute atomic E-state index is 12.8. The molecule has 188 valence electrons. The Kier molecular flexibility index (Phi) is 6.91. The minimum Gasteiger partial charge on any atom is -0.367 e. The second kappa shape index (κ2) is 10.3. The summed E-state index contributed by atoms with van der Waals surface area (Å²) in [6.07, 6.45) is 1.05. The highest BCUT2D eigenvalue weighted by Crippen LogP contribution is 2.29. The van der Waals surface area contributed by atoms with Crippen LogP contribution < -0.4 is 14.9 Å². The standard InChI is InChI=1S/C29H26ClN3O3S/c1-20-6-11-24(30)18-27(20)32-37(35,36)26-14-12-25(13-15-26)31-29(34)23-9-7-21(8-10-23)19-33-17-16-22-4-2-3-5-28(22)33/h2-15,18,32H,16-17,19H2,1H3,(H,31,34). The van der Waals surface area contributed by atoms with Gasteiger partial charge in [0, 0.05) is 35.1 Å². The van der Waals surface area contributed by atoms with Crippen LogP contribution in [-0.4, -0.2) is 20.9 Å². The van der Waals surface area contributed by atoms with Crippen LogP contribution in [0.2, 0.25) is 5.02 Å². The molecule has 1 heterocycles. The number of fused-ring (bicyclic) bond motifs is 1. The highest BCUT2D eigenvalue weighted by atomic mass is 35.5. The molecule has 0 spiro atoms. The number of carbonyl (C=O) groups is 1. The summed E-state index contributed by atoms with van der Waals surface area (Å²) in [4.78, 5) is 15.2. The molecule has 0 atom stereocenters. The number of halogens is 1. The van der Waals surface area contributed by atoms with Gasteiger partial charge in [-0.05, 0) is 84.6 Å². The van der Waals surface area contributed by atoms with Gasteiger partial charge in [0.05, 0.1) is 10.6 Å². The lowest BCUT2D eigenvalue weighted by molar-refractivity contribution is 0.102. The molecule has 2 N–H and O–H groups in total. The average Bonchev–Trinajstić information content (AvgIpc) is 3.29. The van der Waals surface area contributed by atoms with Crippen LogP contribution in [0.5, 0.6) is 0 Å². The topological polar surface area (TPSA) is 78.5 Å². The molecule has 0 saturated carbocycles. The van der Waals surface area contributed by atoms with E-state index in [0.717, 1.165) is 30.6 Å². The van der Waals surface area contributed by atoms with E-state index < -0.39 is 10.0 Å². The molecule has 0 unspecified atom stereocenters. The largest absolute Gasteiger partial charge is 0.367 e. The van der Waals surface area contributed by atoms with Gasteiger partial charge in [0.1, 0.15) is 0 Å². The highest BCUT2D eigenvalue weighted by molar-refractivity contribution is 7.92. The fourth-order valence-corrected chi connectivity index (χ4v) is 5.68. The molecule has 0 saturated heterocycles. The Hall–Kier alpha value is -3.81. The van der Waals surface area contributed by atoms with Gasteiger partial charge in [0.15, 0.2) is 0 Å². The number of nitrogens with one attached hydrogen (secondary N) is 2. The van der Waals surface area contributed by atoms with Crippen LogP contribution in [0.15, 0.2) is 95.9 Å². The van der Waals surface area contributed by atoms with Crippen LogP contribution in [0.4, 0.5) is 17.1 Å². The van der Waals surface area contributed by atoms with E-state index in [4.69, 9.17) is 11.6 Å². The van der Waals surface area contributed by atoms with Gasteiger partial charge in [-0.1, -0.05) is 48.0 Å². The first-order valence-corrected chi connectivity index (χ1v) is 13.8. The van der Waals surface area contributed by atoms with Gasteiger partial charge in [-0.25, -0.2) is 8.42 Å². The van der Waals surface area contributed by atoms with Crippen molar-refractivity contribution in [3.05, 3.63) is 118 Å². The highest BCUT2D eigenvalue weighted by Gasteiger charge is 2.19. The third-order valence-electron chi connectivity index (χ3n) is 6.44. The first-order valence-electron chi connectivity index (χ1n) is 11.9. The molecule has 0 radical (unpaired) electrons. The van der Waals surface area contributed by atoms with Gasteiger partial charge in [0.25, 0.3) is 15.9 Å². The molecule has 8 heteroatoms. The molecule has 1 aliphatic rings. The van der Waals surface area contributed by atoms with Crippen molar-refractivity contribution in [2.24, 2.45) is 0 Å². The van der Waals surface area contributed by atoms with Crippen molar-refractivity contribution < 1.29 is 13.2 Å². The number of hydrogen-bond donors (Lipinski definition) is 2. The number of aryl methyl sites for hydroxylation is 1. The van der Waals surface area contributed by atoms with Crippen molar-refractivity contribution in [3.8, 4) is 0 Å². The van der Waals surface area contributed by atoms with Crippen LogP contribution in [0.1, 0.15) is 27.0 Å². The van der Waals surface area contributed by atoms with Gasteiger partial charge in [0.2, 0.25) is 0 Å². The number of carbonyl (C=O) groups excluding carboxylic acids is 1. The zero-order valence-corrected chi connectivity index (χ0v) is 21.8. The van der Waals surface area contributed by atoms with Crippen LogP contribution in [-0.2, 0) is 23.0 Å². The Morgan fingerprint density at radius 1 is 0.946 bits per heavy atom. The van der Waals surface area contributed by atoms with Crippen molar-refractivity contribution >= 4 is 44.6 Å². The second-order valence-corrected chi connectivity index (χ2v) is 11.2. The van der Waals surface area contributed by atoms with Crippen molar-refractivity contribution in [2.75, 3.05) is 21.5 Å². The lowest BCUT2D eigenvalue weighted by Crippen LogP contribution is -2.19. The van der Waals surface area contributed by atoms with Crippen LogP contribution >= 0.6 is 11.6 Å².